The molecule has 1 aliphatic heterocycles. The van der Waals surface area contributed by atoms with Crippen molar-refractivity contribution in [2.24, 2.45) is 0 Å². The van der Waals surface area contributed by atoms with Gasteiger partial charge in [0.1, 0.15) is 5.82 Å². The Morgan fingerprint density at radius 3 is 3.21 bits per heavy atom. The number of morpholine rings is 1. The molecule has 1 atom stereocenters. The molecule has 1 aromatic carbocycles. The summed E-state index contributed by atoms with van der Waals surface area (Å²) in [7, 11) is 0. The summed E-state index contributed by atoms with van der Waals surface area (Å²) in [5.41, 5.74) is 1.76. The van der Waals surface area contributed by atoms with E-state index in [0.717, 1.165) is 31.0 Å². The van der Waals surface area contributed by atoms with Gasteiger partial charge in [0.2, 0.25) is 0 Å². The lowest BCUT2D eigenvalue weighted by Gasteiger charge is -2.24. The number of hydrogen-bond acceptors (Lipinski definition) is 3. The zero-order valence-corrected chi connectivity index (χ0v) is 10.6. The van der Waals surface area contributed by atoms with Crippen LogP contribution in [0.1, 0.15) is 0 Å². The van der Waals surface area contributed by atoms with Crippen molar-refractivity contribution in [3.05, 3.63) is 42.6 Å². The minimum absolute atomic E-state index is 0.232. The monoisotopic (exact) mass is 261 g/mol. The van der Waals surface area contributed by atoms with E-state index < -0.39 is 0 Å². The van der Waals surface area contributed by atoms with Crippen LogP contribution in [0.25, 0.3) is 11.3 Å². The molecule has 1 aliphatic rings. The molecule has 0 spiro atoms. The van der Waals surface area contributed by atoms with Gasteiger partial charge in [0, 0.05) is 24.7 Å². The van der Waals surface area contributed by atoms with Gasteiger partial charge >= 0.3 is 0 Å². The standard InChI is InChI=1S/C14H16FN3O/c15-12-3-1-2-11(6-12)14-7-16-10-18(14)8-13-9-19-5-4-17-13/h1-3,6-7,10,13,17H,4-5,8-9H2. The molecule has 100 valence electrons. The number of halogens is 1. The minimum Gasteiger partial charge on any atom is -0.378 e. The maximum absolute atomic E-state index is 13.3. The van der Waals surface area contributed by atoms with E-state index in [4.69, 9.17) is 4.74 Å². The summed E-state index contributed by atoms with van der Waals surface area (Å²) in [6.07, 6.45) is 3.54. The van der Waals surface area contributed by atoms with Gasteiger partial charge in [-0.2, -0.15) is 0 Å². The lowest BCUT2D eigenvalue weighted by molar-refractivity contribution is 0.0715. The highest BCUT2D eigenvalue weighted by Crippen LogP contribution is 2.20. The van der Waals surface area contributed by atoms with Gasteiger partial charge in [0.25, 0.3) is 0 Å². The number of nitrogens with zero attached hydrogens (tertiary/aromatic N) is 2. The number of imidazole rings is 1. The highest BCUT2D eigenvalue weighted by atomic mass is 19.1. The Labute approximate surface area is 111 Å². The average Bonchev–Trinajstić information content (AvgIpc) is 2.88. The maximum Gasteiger partial charge on any atom is 0.123 e. The molecule has 1 aromatic heterocycles. The van der Waals surface area contributed by atoms with E-state index >= 15 is 0 Å². The molecule has 1 fully saturated rings. The van der Waals surface area contributed by atoms with Crippen LogP contribution in [0.4, 0.5) is 4.39 Å². The highest BCUT2D eigenvalue weighted by molar-refractivity contribution is 5.58. The van der Waals surface area contributed by atoms with E-state index in [2.05, 4.69) is 10.3 Å². The SMILES string of the molecule is Fc1cccc(-c2cncn2CC2COCCN2)c1. The summed E-state index contributed by atoms with van der Waals surface area (Å²) in [5.74, 6) is -0.232. The number of rotatable bonds is 3. The molecule has 5 heteroatoms. The van der Waals surface area contributed by atoms with Crippen LogP contribution >= 0.6 is 0 Å². The summed E-state index contributed by atoms with van der Waals surface area (Å²) in [6, 6.07) is 6.85. The second-order valence-corrected chi connectivity index (χ2v) is 4.67. The van der Waals surface area contributed by atoms with E-state index in [0.29, 0.717) is 6.61 Å². The second kappa shape index (κ2) is 5.50. The molecule has 0 radical (unpaired) electrons. The van der Waals surface area contributed by atoms with Crippen molar-refractivity contribution < 1.29 is 9.13 Å². The van der Waals surface area contributed by atoms with Crippen molar-refractivity contribution in [2.75, 3.05) is 19.8 Å². The van der Waals surface area contributed by atoms with Crippen LogP contribution in [-0.4, -0.2) is 35.4 Å². The van der Waals surface area contributed by atoms with Gasteiger partial charge in [0.05, 0.1) is 31.4 Å². The number of nitrogens with one attached hydrogen (secondary N) is 1. The lowest BCUT2D eigenvalue weighted by Crippen LogP contribution is -2.43. The predicted octanol–water partition coefficient (Wildman–Crippen LogP) is 1.68. The Morgan fingerprint density at radius 2 is 2.42 bits per heavy atom. The van der Waals surface area contributed by atoms with Crippen LogP contribution < -0.4 is 5.32 Å². The van der Waals surface area contributed by atoms with Crippen molar-refractivity contribution in [2.45, 2.75) is 12.6 Å². The Balaban J connectivity index is 1.81. The van der Waals surface area contributed by atoms with Gasteiger partial charge in [-0.1, -0.05) is 12.1 Å². The van der Waals surface area contributed by atoms with Crippen LogP contribution in [0.5, 0.6) is 0 Å². The molecule has 0 amide bonds. The molecule has 0 aliphatic carbocycles. The lowest BCUT2D eigenvalue weighted by atomic mass is 10.1. The fourth-order valence-corrected chi connectivity index (χ4v) is 2.33. The smallest absolute Gasteiger partial charge is 0.123 e. The number of aromatic nitrogens is 2. The Morgan fingerprint density at radius 1 is 1.47 bits per heavy atom. The minimum atomic E-state index is -0.232. The first-order valence-corrected chi connectivity index (χ1v) is 6.40. The molecule has 4 nitrogen and oxygen atoms in total. The van der Waals surface area contributed by atoms with Crippen LogP contribution in [0.3, 0.4) is 0 Å². The van der Waals surface area contributed by atoms with Gasteiger partial charge < -0.3 is 14.6 Å². The number of hydrogen-bond donors (Lipinski definition) is 1. The zero-order valence-electron chi connectivity index (χ0n) is 10.6. The Kier molecular flexibility index (Phi) is 3.57. The van der Waals surface area contributed by atoms with E-state index in [-0.39, 0.29) is 11.9 Å². The van der Waals surface area contributed by atoms with Crippen molar-refractivity contribution in [1.82, 2.24) is 14.9 Å². The van der Waals surface area contributed by atoms with Crippen LogP contribution in [-0.2, 0) is 11.3 Å². The average molecular weight is 261 g/mol. The van der Waals surface area contributed by atoms with Crippen LogP contribution in [0.2, 0.25) is 0 Å². The molecular formula is C14H16FN3O. The molecular weight excluding hydrogens is 245 g/mol. The summed E-state index contributed by atoms with van der Waals surface area (Å²) in [6.45, 7) is 3.10. The number of ether oxygens (including phenoxy) is 1. The molecule has 1 saturated heterocycles. The van der Waals surface area contributed by atoms with Crippen LogP contribution in [0, 0.1) is 5.82 Å². The summed E-state index contributed by atoms with van der Waals surface area (Å²) in [5, 5.41) is 3.40. The molecule has 2 heterocycles. The van der Waals surface area contributed by atoms with Crippen molar-refractivity contribution in [3.63, 3.8) is 0 Å². The third-order valence-electron chi connectivity index (χ3n) is 3.25. The molecule has 1 unspecified atom stereocenters. The highest BCUT2D eigenvalue weighted by Gasteiger charge is 2.15. The topological polar surface area (TPSA) is 39.1 Å². The molecule has 0 bridgehead atoms. The Hall–Kier alpha value is -1.72. The molecule has 19 heavy (non-hydrogen) atoms. The van der Waals surface area contributed by atoms with E-state index in [1.807, 2.05) is 10.6 Å². The quantitative estimate of drug-likeness (QED) is 0.913. The van der Waals surface area contributed by atoms with Crippen molar-refractivity contribution >= 4 is 0 Å². The first-order chi connectivity index (χ1) is 9.33. The fourth-order valence-electron chi connectivity index (χ4n) is 2.33. The first kappa shape index (κ1) is 12.3. The van der Waals surface area contributed by atoms with Gasteiger partial charge in [-0.05, 0) is 12.1 Å². The third-order valence-corrected chi connectivity index (χ3v) is 3.25. The molecule has 3 rings (SSSR count). The predicted molar refractivity (Wildman–Crippen MR) is 70.2 cm³/mol. The third kappa shape index (κ3) is 2.83. The number of benzene rings is 1. The van der Waals surface area contributed by atoms with Crippen LogP contribution in [0.15, 0.2) is 36.8 Å². The summed E-state index contributed by atoms with van der Waals surface area (Å²) in [4.78, 5) is 4.17. The normalized spacial score (nSPS) is 19.5. The van der Waals surface area contributed by atoms with Gasteiger partial charge in [-0.3, -0.25) is 0 Å². The maximum atomic E-state index is 13.3. The van der Waals surface area contributed by atoms with Crippen molar-refractivity contribution in [1.29, 1.82) is 0 Å². The van der Waals surface area contributed by atoms with Crippen molar-refractivity contribution in [3.8, 4) is 11.3 Å². The largest absolute Gasteiger partial charge is 0.378 e. The molecule has 1 N–H and O–H groups in total. The molecule has 2 aromatic rings. The van der Waals surface area contributed by atoms with Gasteiger partial charge in [-0.25, -0.2) is 9.37 Å². The molecule has 0 saturated carbocycles. The summed E-state index contributed by atoms with van der Waals surface area (Å²) < 4.78 is 20.8. The Bertz CT molecular complexity index is 549. The van der Waals surface area contributed by atoms with E-state index in [9.17, 15) is 4.39 Å². The van der Waals surface area contributed by atoms with E-state index in [1.54, 1.807) is 18.6 Å². The van der Waals surface area contributed by atoms with Gasteiger partial charge in [0.15, 0.2) is 0 Å². The summed E-state index contributed by atoms with van der Waals surface area (Å²) >= 11 is 0. The zero-order chi connectivity index (χ0) is 13.1. The second-order valence-electron chi connectivity index (χ2n) is 4.67. The van der Waals surface area contributed by atoms with E-state index in [1.165, 1.54) is 12.1 Å². The fraction of sp³-hybridized carbons (Fsp3) is 0.357. The first-order valence-electron chi connectivity index (χ1n) is 6.40. The van der Waals surface area contributed by atoms with Gasteiger partial charge in [-0.15, -0.1) is 0 Å².